The molecule has 0 fully saturated rings. The van der Waals surface area contributed by atoms with Crippen LogP contribution in [0.15, 0.2) is 29.1 Å². The van der Waals surface area contributed by atoms with E-state index in [0.717, 1.165) is 11.2 Å². The average molecular weight is 232 g/mol. The summed E-state index contributed by atoms with van der Waals surface area (Å²) in [7, 11) is 0. The second-order valence-corrected chi connectivity index (χ2v) is 3.94. The van der Waals surface area contributed by atoms with Crippen LogP contribution in [0.5, 0.6) is 0 Å². The van der Waals surface area contributed by atoms with E-state index < -0.39 is 0 Å². The molecule has 0 amide bonds. The first-order valence-electron chi connectivity index (χ1n) is 5.65. The number of hydrogen-bond donors (Lipinski definition) is 2. The average Bonchev–Trinajstić information content (AvgIpc) is 2.34. The van der Waals surface area contributed by atoms with Crippen molar-refractivity contribution < 1.29 is 0 Å². The third-order valence-corrected chi connectivity index (χ3v) is 2.73. The fourth-order valence-corrected chi connectivity index (χ4v) is 1.87. The van der Waals surface area contributed by atoms with E-state index in [1.807, 2.05) is 26.0 Å². The molecule has 1 atom stereocenters. The molecular weight excluding hydrogens is 216 g/mol. The monoisotopic (exact) mass is 232 g/mol. The molecule has 0 bridgehead atoms. The van der Waals surface area contributed by atoms with Crippen molar-refractivity contribution in [3.05, 3.63) is 40.4 Å². The predicted molar refractivity (Wildman–Crippen MR) is 68.2 cm³/mol. The van der Waals surface area contributed by atoms with E-state index in [1.54, 1.807) is 12.1 Å². The fraction of sp³-hybridized carbons (Fsp3) is 0.333. The molecule has 1 unspecified atom stereocenters. The number of para-hydroxylation sites is 1. The van der Waals surface area contributed by atoms with Gasteiger partial charge in [0.2, 0.25) is 0 Å². The zero-order valence-electron chi connectivity index (χ0n) is 9.97. The summed E-state index contributed by atoms with van der Waals surface area (Å²) in [6.07, 6.45) is 0. The lowest BCUT2D eigenvalue weighted by molar-refractivity contribution is 0.545. The summed E-state index contributed by atoms with van der Waals surface area (Å²) in [5, 5.41) is 3.74. The first-order chi connectivity index (χ1) is 8.15. The highest BCUT2D eigenvalue weighted by Crippen LogP contribution is 2.11. The van der Waals surface area contributed by atoms with Gasteiger partial charge in [-0.25, -0.2) is 9.66 Å². The van der Waals surface area contributed by atoms with Gasteiger partial charge in [-0.3, -0.25) is 4.79 Å². The van der Waals surface area contributed by atoms with Gasteiger partial charge in [-0.05, 0) is 25.6 Å². The fourth-order valence-electron chi connectivity index (χ4n) is 1.87. The molecule has 1 aromatic heterocycles. The SMILES string of the molecule is CCNC(C)c1nc2ccccc2c(=O)n1N. The third kappa shape index (κ3) is 2.01. The molecule has 3 N–H and O–H groups in total. The minimum absolute atomic E-state index is 0.0534. The molecule has 1 heterocycles. The first kappa shape index (κ1) is 11.6. The van der Waals surface area contributed by atoms with E-state index in [1.165, 1.54) is 0 Å². The zero-order valence-corrected chi connectivity index (χ0v) is 9.97. The normalized spacial score (nSPS) is 12.8. The summed E-state index contributed by atoms with van der Waals surface area (Å²) in [5.74, 6) is 6.33. The Hall–Kier alpha value is -1.88. The van der Waals surface area contributed by atoms with Gasteiger partial charge in [0, 0.05) is 0 Å². The van der Waals surface area contributed by atoms with E-state index in [4.69, 9.17) is 5.84 Å². The Bertz CT molecular complexity index is 591. The lowest BCUT2D eigenvalue weighted by Gasteiger charge is -2.15. The van der Waals surface area contributed by atoms with Gasteiger partial charge in [0.05, 0.1) is 16.9 Å². The first-order valence-corrected chi connectivity index (χ1v) is 5.65. The van der Waals surface area contributed by atoms with Crippen LogP contribution in [0.25, 0.3) is 10.9 Å². The summed E-state index contributed by atoms with van der Waals surface area (Å²) in [4.78, 5) is 16.5. The van der Waals surface area contributed by atoms with Crippen molar-refractivity contribution in [1.29, 1.82) is 0 Å². The highest BCUT2D eigenvalue weighted by Gasteiger charge is 2.13. The number of nitrogens with two attached hydrogens (primary N) is 1. The highest BCUT2D eigenvalue weighted by atomic mass is 16.1. The van der Waals surface area contributed by atoms with Crippen LogP contribution in [0.1, 0.15) is 25.7 Å². The molecule has 0 spiro atoms. The lowest BCUT2D eigenvalue weighted by atomic mass is 10.2. The topological polar surface area (TPSA) is 72.9 Å². The minimum Gasteiger partial charge on any atom is -0.335 e. The van der Waals surface area contributed by atoms with E-state index >= 15 is 0 Å². The molecule has 5 nitrogen and oxygen atoms in total. The van der Waals surface area contributed by atoms with E-state index in [0.29, 0.717) is 16.7 Å². The zero-order chi connectivity index (χ0) is 12.4. The summed E-state index contributed by atoms with van der Waals surface area (Å²) in [6.45, 7) is 4.73. The molecule has 0 aliphatic heterocycles. The molecule has 0 radical (unpaired) electrons. The van der Waals surface area contributed by atoms with Crippen molar-refractivity contribution in [2.75, 3.05) is 12.4 Å². The summed E-state index contributed by atoms with van der Waals surface area (Å²) >= 11 is 0. The van der Waals surface area contributed by atoms with Crippen LogP contribution in [0.4, 0.5) is 0 Å². The number of nitrogens with zero attached hydrogens (tertiary/aromatic N) is 2. The number of aromatic nitrogens is 2. The summed E-state index contributed by atoms with van der Waals surface area (Å²) < 4.78 is 1.12. The molecule has 0 saturated carbocycles. The van der Waals surface area contributed by atoms with Gasteiger partial charge in [-0.2, -0.15) is 0 Å². The highest BCUT2D eigenvalue weighted by molar-refractivity contribution is 5.77. The molecule has 2 aromatic rings. The van der Waals surface area contributed by atoms with Gasteiger partial charge in [-0.1, -0.05) is 19.1 Å². The van der Waals surface area contributed by atoms with Crippen molar-refractivity contribution in [2.24, 2.45) is 0 Å². The molecule has 5 heteroatoms. The van der Waals surface area contributed by atoms with E-state index in [-0.39, 0.29) is 11.6 Å². The molecule has 1 aromatic carbocycles. The number of benzene rings is 1. The molecule has 17 heavy (non-hydrogen) atoms. The van der Waals surface area contributed by atoms with Gasteiger partial charge in [0.1, 0.15) is 5.82 Å². The predicted octanol–water partition coefficient (Wildman–Crippen LogP) is 0.781. The number of fused-ring (bicyclic) bond motifs is 1. The number of nitrogen functional groups attached to an aromatic ring is 1. The molecule has 0 aliphatic carbocycles. The Balaban J connectivity index is 2.66. The van der Waals surface area contributed by atoms with Crippen molar-refractivity contribution in [2.45, 2.75) is 19.9 Å². The van der Waals surface area contributed by atoms with Crippen LogP contribution < -0.4 is 16.7 Å². The number of rotatable bonds is 3. The van der Waals surface area contributed by atoms with Gasteiger partial charge in [0.15, 0.2) is 0 Å². The van der Waals surface area contributed by atoms with Crippen molar-refractivity contribution in [3.63, 3.8) is 0 Å². The van der Waals surface area contributed by atoms with Crippen LogP contribution in [0, 0.1) is 0 Å². The van der Waals surface area contributed by atoms with Crippen LogP contribution in [0.2, 0.25) is 0 Å². The minimum atomic E-state index is -0.213. The lowest BCUT2D eigenvalue weighted by Crippen LogP contribution is -2.35. The number of nitrogens with one attached hydrogen (secondary N) is 1. The van der Waals surface area contributed by atoms with E-state index in [2.05, 4.69) is 10.3 Å². The van der Waals surface area contributed by atoms with Crippen LogP contribution in [-0.2, 0) is 0 Å². The van der Waals surface area contributed by atoms with Crippen molar-refractivity contribution in [1.82, 2.24) is 15.0 Å². The van der Waals surface area contributed by atoms with Gasteiger partial charge < -0.3 is 11.2 Å². The second kappa shape index (κ2) is 4.55. The van der Waals surface area contributed by atoms with Gasteiger partial charge in [-0.15, -0.1) is 0 Å². The maximum absolute atomic E-state index is 12.0. The summed E-state index contributed by atoms with van der Waals surface area (Å²) in [5.41, 5.74) is 0.467. The van der Waals surface area contributed by atoms with Crippen molar-refractivity contribution in [3.8, 4) is 0 Å². The Labute approximate surface area is 99.2 Å². The Morgan fingerprint density at radius 1 is 1.47 bits per heavy atom. The standard InChI is InChI=1S/C12H16N4O/c1-3-14-8(2)11-15-10-7-5-4-6-9(10)12(17)16(11)13/h4-8,14H,3,13H2,1-2H3. The van der Waals surface area contributed by atoms with Crippen LogP contribution in [0.3, 0.4) is 0 Å². The third-order valence-electron chi connectivity index (χ3n) is 2.73. The Morgan fingerprint density at radius 2 is 2.18 bits per heavy atom. The van der Waals surface area contributed by atoms with Crippen LogP contribution in [-0.4, -0.2) is 16.2 Å². The largest absolute Gasteiger partial charge is 0.335 e. The Morgan fingerprint density at radius 3 is 2.88 bits per heavy atom. The van der Waals surface area contributed by atoms with E-state index in [9.17, 15) is 4.79 Å². The second-order valence-electron chi connectivity index (χ2n) is 3.94. The Kier molecular flexibility index (Phi) is 3.10. The molecule has 90 valence electrons. The molecule has 0 aliphatic rings. The van der Waals surface area contributed by atoms with Gasteiger partial charge in [0.25, 0.3) is 5.56 Å². The molecule has 0 saturated heterocycles. The maximum Gasteiger partial charge on any atom is 0.279 e. The smallest absolute Gasteiger partial charge is 0.279 e. The maximum atomic E-state index is 12.0. The molecular formula is C12H16N4O. The van der Waals surface area contributed by atoms with Gasteiger partial charge >= 0.3 is 0 Å². The van der Waals surface area contributed by atoms with Crippen LogP contribution >= 0.6 is 0 Å². The quantitative estimate of drug-likeness (QED) is 0.767. The summed E-state index contributed by atoms with van der Waals surface area (Å²) in [6, 6.07) is 7.16. The van der Waals surface area contributed by atoms with Crippen molar-refractivity contribution >= 4 is 10.9 Å². The number of hydrogen-bond acceptors (Lipinski definition) is 4. The molecule has 2 rings (SSSR count).